The lowest BCUT2D eigenvalue weighted by Gasteiger charge is -2.08. The number of amides is 1. The van der Waals surface area contributed by atoms with Crippen LogP contribution in [0.5, 0.6) is 0 Å². The summed E-state index contributed by atoms with van der Waals surface area (Å²) in [5.41, 5.74) is 3.53. The molecule has 2 heterocycles. The number of aryl methyl sites for hydroxylation is 1. The van der Waals surface area contributed by atoms with E-state index in [4.69, 9.17) is 9.63 Å². The van der Waals surface area contributed by atoms with Gasteiger partial charge in [0.1, 0.15) is 0 Å². The Bertz CT molecular complexity index is 1040. The summed E-state index contributed by atoms with van der Waals surface area (Å²) in [5.74, 6) is -0.772. The highest BCUT2D eigenvalue weighted by atomic mass is 16.5. The Balaban J connectivity index is 1.50. The van der Waals surface area contributed by atoms with Crippen LogP contribution in [0.3, 0.4) is 0 Å². The summed E-state index contributed by atoms with van der Waals surface area (Å²) in [6.07, 6.45) is 2.69. The summed E-state index contributed by atoms with van der Waals surface area (Å²) in [5, 5.41) is 16.6. The van der Waals surface area contributed by atoms with Crippen molar-refractivity contribution in [1.29, 1.82) is 0 Å². The van der Waals surface area contributed by atoms with Crippen LogP contribution in [0, 0.1) is 6.92 Å². The number of hydrogen-bond donors (Lipinski definition) is 2. The van der Waals surface area contributed by atoms with Gasteiger partial charge in [-0.2, -0.15) is 0 Å². The third kappa shape index (κ3) is 3.53. The Morgan fingerprint density at radius 3 is 2.85 bits per heavy atom. The largest absolute Gasteiger partial charge is 0.478 e. The van der Waals surface area contributed by atoms with Crippen molar-refractivity contribution in [2.24, 2.45) is 0 Å². The normalized spacial score (nSPS) is 13.7. The first kappa shape index (κ1) is 17.2. The Kier molecular flexibility index (Phi) is 4.35. The number of carbonyl (C=O) groups is 2. The Labute approximate surface area is 155 Å². The van der Waals surface area contributed by atoms with Gasteiger partial charge in [0.25, 0.3) is 11.6 Å². The van der Waals surface area contributed by atoms with Crippen LogP contribution in [-0.4, -0.2) is 33.7 Å². The highest BCUT2D eigenvalue weighted by Gasteiger charge is 2.28. The summed E-state index contributed by atoms with van der Waals surface area (Å²) >= 11 is 0. The highest BCUT2D eigenvalue weighted by Crippen LogP contribution is 2.40. The van der Waals surface area contributed by atoms with E-state index in [1.807, 2.05) is 12.1 Å². The zero-order chi connectivity index (χ0) is 19.0. The van der Waals surface area contributed by atoms with Gasteiger partial charge in [0, 0.05) is 18.2 Å². The molecule has 1 aromatic carbocycles. The quantitative estimate of drug-likeness (QED) is 0.695. The van der Waals surface area contributed by atoms with Crippen molar-refractivity contribution in [2.45, 2.75) is 32.1 Å². The van der Waals surface area contributed by atoms with Gasteiger partial charge in [-0.3, -0.25) is 4.79 Å². The van der Waals surface area contributed by atoms with E-state index in [0.717, 1.165) is 24.1 Å². The van der Waals surface area contributed by atoms with Crippen molar-refractivity contribution in [1.82, 2.24) is 15.5 Å². The Morgan fingerprint density at radius 2 is 2.11 bits per heavy atom. The van der Waals surface area contributed by atoms with Gasteiger partial charge in [-0.25, -0.2) is 9.78 Å². The second kappa shape index (κ2) is 6.83. The van der Waals surface area contributed by atoms with Crippen LogP contribution >= 0.6 is 0 Å². The smallest absolute Gasteiger partial charge is 0.335 e. The third-order valence-corrected chi connectivity index (χ3v) is 4.75. The zero-order valence-electron chi connectivity index (χ0n) is 14.9. The predicted molar refractivity (Wildman–Crippen MR) is 98.0 cm³/mol. The van der Waals surface area contributed by atoms with Crippen molar-refractivity contribution in [3.05, 3.63) is 58.4 Å². The van der Waals surface area contributed by atoms with Crippen LogP contribution in [0.4, 0.5) is 0 Å². The molecule has 0 spiro atoms. The molecule has 1 saturated carbocycles. The fourth-order valence-electron chi connectivity index (χ4n) is 3.16. The molecule has 138 valence electrons. The Morgan fingerprint density at radius 1 is 1.30 bits per heavy atom. The number of fused-ring (bicyclic) bond motifs is 1. The van der Waals surface area contributed by atoms with E-state index in [1.54, 1.807) is 25.1 Å². The van der Waals surface area contributed by atoms with Gasteiger partial charge in [-0.1, -0.05) is 17.3 Å². The van der Waals surface area contributed by atoms with Gasteiger partial charge >= 0.3 is 5.97 Å². The second-order valence-corrected chi connectivity index (χ2v) is 6.83. The first-order valence-electron chi connectivity index (χ1n) is 8.90. The van der Waals surface area contributed by atoms with Crippen LogP contribution < -0.4 is 5.32 Å². The molecule has 1 amide bonds. The molecule has 2 N–H and O–H groups in total. The number of nitrogens with zero attached hydrogens (tertiary/aromatic N) is 2. The fourth-order valence-corrected chi connectivity index (χ4v) is 3.16. The zero-order valence-corrected chi connectivity index (χ0v) is 14.9. The number of nitrogens with one attached hydrogen (secondary N) is 1. The van der Waals surface area contributed by atoms with Gasteiger partial charge in [-0.05, 0) is 49.9 Å². The number of hydrogen-bond acceptors (Lipinski definition) is 5. The molecule has 0 bridgehead atoms. The third-order valence-electron chi connectivity index (χ3n) is 4.75. The average molecular weight is 365 g/mol. The van der Waals surface area contributed by atoms with Crippen LogP contribution in [0.2, 0.25) is 0 Å². The lowest BCUT2D eigenvalue weighted by molar-refractivity contribution is 0.0696. The van der Waals surface area contributed by atoms with Crippen LogP contribution in [0.15, 0.2) is 34.9 Å². The molecule has 0 radical (unpaired) electrons. The van der Waals surface area contributed by atoms with E-state index < -0.39 is 5.97 Å². The van der Waals surface area contributed by atoms with E-state index >= 15 is 0 Å². The van der Waals surface area contributed by atoms with E-state index in [0.29, 0.717) is 41.2 Å². The maximum Gasteiger partial charge on any atom is 0.335 e. The molecule has 0 aliphatic heterocycles. The number of rotatable bonds is 6. The molecule has 0 unspecified atom stereocenters. The Hall–Kier alpha value is -3.22. The molecule has 3 aromatic rings. The number of aromatic carboxylic acids is 1. The van der Waals surface area contributed by atoms with Gasteiger partial charge < -0.3 is 14.9 Å². The van der Waals surface area contributed by atoms with E-state index in [9.17, 15) is 9.59 Å². The minimum absolute atomic E-state index is 0.204. The average Bonchev–Trinajstić information content (AvgIpc) is 3.45. The molecule has 1 fully saturated rings. The topological polar surface area (TPSA) is 105 Å². The van der Waals surface area contributed by atoms with E-state index in [1.165, 1.54) is 0 Å². The van der Waals surface area contributed by atoms with Crippen molar-refractivity contribution in [3.8, 4) is 0 Å². The second-order valence-electron chi connectivity index (χ2n) is 6.83. The molecule has 27 heavy (non-hydrogen) atoms. The molecule has 1 aliphatic carbocycles. The fraction of sp³-hybridized carbons (Fsp3) is 0.300. The first-order chi connectivity index (χ1) is 13.0. The lowest BCUT2D eigenvalue weighted by Crippen LogP contribution is -2.26. The summed E-state index contributed by atoms with van der Waals surface area (Å²) in [6.45, 7) is 2.19. The minimum Gasteiger partial charge on any atom is -0.478 e. The van der Waals surface area contributed by atoms with Crippen LogP contribution in [0.25, 0.3) is 11.1 Å². The summed E-state index contributed by atoms with van der Waals surface area (Å²) in [7, 11) is 0. The number of aromatic nitrogens is 2. The van der Waals surface area contributed by atoms with Crippen molar-refractivity contribution >= 4 is 23.0 Å². The van der Waals surface area contributed by atoms with E-state index in [-0.39, 0.29) is 11.5 Å². The standard InChI is InChI=1S/C20H19N3O4/c1-11-17-15(10-16(13-5-6-13)22-19(17)27-23-11)18(24)21-8-7-12-3-2-4-14(9-12)20(25)26/h2-4,9-10,13H,5-8H2,1H3,(H,21,24)(H,25,26). The van der Waals surface area contributed by atoms with Crippen LogP contribution in [0.1, 0.15) is 56.4 Å². The van der Waals surface area contributed by atoms with Gasteiger partial charge in [-0.15, -0.1) is 0 Å². The first-order valence-corrected chi connectivity index (χ1v) is 8.90. The molecule has 2 aromatic heterocycles. The number of carboxylic acid groups (broad SMARTS) is 1. The van der Waals surface area contributed by atoms with Gasteiger partial charge in [0.05, 0.1) is 22.2 Å². The molecule has 0 atom stereocenters. The minimum atomic E-state index is -0.962. The number of carboxylic acids is 1. The summed E-state index contributed by atoms with van der Waals surface area (Å²) in [4.78, 5) is 28.3. The maximum absolute atomic E-state index is 12.8. The number of carbonyl (C=O) groups excluding carboxylic acids is 1. The maximum atomic E-state index is 12.8. The van der Waals surface area contributed by atoms with Gasteiger partial charge in [0.15, 0.2) is 0 Å². The highest BCUT2D eigenvalue weighted by molar-refractivity contribution is 6.06. The lowest BCUT2D eigenvalue weighted by atomic mass is 10.1. The summed E-state index contributed by atoms with van der Waals surface area (Å²) < 4.78 is 5.27. The molecule has 1 aliphatic rings. The van der Waals surface area contributed by atoms with Gasteiger partial charge in [0.2, 0.25) is 0 Å². The molecule has 7 nitrogen and oxygen atoms in total. The van der Waals surface area contributed by atoms with Crippen molar-refractivity contribution in [2.75, 3.05) is 6.54 Å². The summed E-state index contributed by atoms with van der Waals surface area (Å²) in [6, 6.07) is 8.55. The molecule has 4 rings (SSSR count). The van der Waals surface area contributed by atoms with E-state index in [2.05, 4.69) is 15.5 Å². The SMILES string of the molecule is Cc1noc2nc(C3CC3)cc(C(=O)NCCc3cccc(C(=O)O)c3)c12. The predicted octanol–water partition coefficient (Wildman–Crippen LogP) is 3.08. The number of benzene rings is 1. The molecule has 7 heteroatoms. The molecular weight excluding hydrogens is 346 g/mol. The molecule has 0 saturated heterocycles. The van der Waals surface area contributed by atoms with Crippen molar-refractivity contribution in [3.63, 3.8) is 0 Å². The van der Waals surface area contributed by atoms with Crippen molar-refractivity contribution < 1.29 is 19.2 Å². The monoisotopic (exact) mass is 365 g/mol. The number of pyridine rings is 1. The molecular formula is C20H19N3O4. The van der Waals surface area contributed by atoms with Crippen LogP contribution in [-0.2, 0) is 6.42 Å².